The third kappa shape index (κ3) is 2.25. The first-order valence-corrected chi connectivity index (χ1v) is 4.63. The maximum atomic E-state index is 12.7. The van der Waals surface area contributed by atoms with Gasteiger partial charge in [-0.2, -0.15) is 0 Å². The molecule has 0 saturated carbocycles. The zero-order chi connectivity index (χ0) is 10.6. The summed E-state index contributed by atoms with van der Waals surface area (Å²) in [6, 6.07) is 4.37. The van der Waals surface area contributed by atoms with Gasteiger partial charge < -0.3 is 10.1 Å². The van der Waals surface area contributed by atoms with Crippen LogP contribution >= 0.6 is 0 Å². The van der Waals surface area contributed by atoms with E-state index in [1.165, 1.54) is 12.1 Å². The quantitative estimate of drug-likeness (QED) is 0.686. The van der Waals surface area contributed by atoms with Crippen molar-refractivity contribution in [1.29, 1.82) is 0 Å². The van der Waals surface area contributed by atoms with Gasteiger partial charge in [-0.3, -0.25) is 0 Å². The lowest BCUT2D eigenvalue weighted by molar-refractivity contribution is 0.344. The molecule has 76 valence electrons. The molecule has 0 atom stereocenters. The van der Waals surface area contributed by atoms with Gasteiger partial charge in [0.05, 0.1) is 5.69 Å². The third-order valence-corrected chi connectivity index (χ3v) is 1.66. The monoisotopic (exact) mass is 195 g/mol. The number of fused-ring (bicyclic) bond motifs is 1. The summed E-state index contributed by atoms with van der Waals surface area (Å²) in [7, 11) is 0. The van der Waals surface area contributed by atoms with Gasteiger partial charge in [0.15, 0.2) is 0 Å². The lowest BCUT2D eigenvalue weighted by Gasteiger charge is -2.20. The van der Waals surface area contributed by atoms with Gasteiger partial charge in [0, 0.05) is 11.8 Å². The van der Waals surface area contributed by atoms with Crippen molar-refractivity contribution in [2.24, 2.45) is 0 Å². The second kappa shape index (κ2) is 4.65. The van der Waals surface area contributed by atoms with Crippen LogP contribution < -0.4 is 10.1 Å². The van der Waals surface area contributed by atoms with Gasteiger partial charge in [0.1, 0.15) is 18.2 Å². The van der Waals surface area contributed by atoms with E-state index in [0.29, 0.717) is 12.4 Å². The SMILES string of the molecule is C=C1COc2cc(F)ccc2N1.CC. The summed E-state index contributed by atoms with van der Waals surface area (Å²) < 4.78 is 17.9. The Morgan fingerprint density at radius 1 is 1.43 bits per heavy atom. The molecular weight excluding hydrogens is 181 g/mol. The number of nitrogens with one attached hydrogen (secondary N) is 1. The second-order valence-electron chi connectivity index (χ2n) is 2.66. The zero-order valence-corrected chi connectivity index (χ0v) is 8.43. The van der Waals surface area contributed by atoms with Crippen LogP contribution in [0.15, 0.2) is 30.5 Å². The lowest BCUT2D eigenvalue weighted by Crippen LogP contribution is -2.15. The minimum atomic E-state index is -0.289. The standard InChI is InChI=1S/C9H8FNO.C2H6/c1-6-5-12-9-4-7(10)2-3-8(9)11-6;1-2/h2-4,11H,1,5H2;1-2H3. The molecule has 0 aliphatic carbocycles. The molecule has 1 aliphatic heterocycles. The number of benzene rings is 1. The molecule has 1 heterocycles. The molecule has 0 bridgehead atoms. The Bertz CT molecular complexity index is 336. The summed E-state index contributed by atoms with van der Waals surface area (Å²) in [5, 5.41) is 3.00. The molecule has 1 aromatic carbocycles. The highest BCUT2D eigenvalue weighted by Gasteiger charge is 2.11. The molecule has 0 saturated heterocycles. The van der Waals surface area contributed by atoms with Crippen molar-refractivity contribution in [1.82, 2.24) is 0 Å². The van der Waals surface area contributed by atoms with Crippen molar-refractivity contribution in [2.45, 2.75) is 13.8 Å². The zero-order valence-electron chi connectivity index (χ0n) is 8.43. The van der Waals surface area contributed by atoms with Crippen molar-refractivity contribution < 1.29 is 9.13 Å². The number of hydrogen-bond acceptors (Lipinski definition) is 2. The molecule has 0 radical (unpaired) electrons. The van der Waals surface area contributed by atoms with Crippen molar-refractivity contribution >= 4 is 5.69 Å². The first-order chi connectivity index (χ1) is 6.75. The van der Waals surface area contributed by atoms with E-state index in [1.807, 2.05) is 13.8 Å². The molecule has 0 spiro atoms. The summed E-state index contributed by atoms with van der Waals surface area (Å²) in [6.45, 7) is 8.10. The van der Waals surface area contributed by atoms with E-state index in [4.69, 9.17) is 4.74 Å². The number of anilines is 1. The molecule has 2 rings (SSSR count). The summed E-state index contributed by atoms with van der Waals surface area (Å²) >= 11 is 0. The van der Waals surface area contributed by atoms with E-state index in [-0.39, 0.29) is 5.82 Å². The van der Waals surface area contributed by atoms with E-state index in [1.54, 1.807) is 6.07 Å². The van der Waals surface area contributed by atoms with Gasteiger partial charge in [-0.15, -0.1) is 0 Å². The molecule has 0 amide bonds. The predicted octanol–water partition coefficient (Wildman–Crippen LogP) is 3.17. The normalized spacial score (nSPS) is 12.9. The molecule has 3 heteroatoms. The van der Waals surface area contributed by atoms with Crippen LogP contribution in [0.2, 0.25) is 0 Å². The molecule has 1 aromatic rings. The van der Waals surface area contributed by atoms with Crippen LogP contribution in [0.5, 0.6) is 5.75 Å². The van der Waals surface area contributed by atoms with Gasteiger partial charge in [0.25, 0.3) is 0 Å². The molecule has 0 fully saturated rings. The molecule has 1 N–H and O–H groups in total. The minimum absolute atomic E-state index is 0.289. The highest BCUT2D eigenvalue weighted by atomic mass is 19.1. The van der Waals surface area contributed by atoms with Gasteiger partial charge in [0.2, 0.25) is 0 Å². The molecule has 0 unspecified atom stereocenters. The number of halogens is 1. The molecule has 1 aliphatic rings. The average Bonchev–Trinajstić information content (AvgIpc) is 2.21. The summed E-state index contributed by atoms with van der Waals surface area (Å²) in [5.74, 6) is 0.255. The molecule has 0 aromatic heterocycles. The van der Waals surface area contributed by atoms with Crippen LogP contribution in [0.3, 0.4) is 0 Å². The Labute approximate surface area is 83.4 Å². The van der Waals surface area contributed by atoms with Crippen molar-refractivity contribution in [3.05, 3.63) is 36.3 Å². The van der Waals surface area contributed by atoms with Crippen LogP contribution in [0.25, 0.3) is 0 Å². The van der Waals surface area contributed by atoms with Gasteiger partial charge >= 0.3 is 0 Å². The van der Waals surface area contributed by atoms with Crippen molar-refractivity contribution in [2.75, 3.05) is 11.9 Å². The fraction of sp³-hybridized carbons (Fsp3) is 0.273. The average molecular weight is 195 g/mol. The van der Waals surface area contributed by atoms with E-state index in [0.717, 1.165) is 11.4 Å². The lowest BCUT2D eigenvalue weighted by atomic mass is 10.2. The van der Waals surface area contributed by atoms with Crippen molar-refractivity contribution in [3.8, 4) is 5.75 Å². The second-order valence-corrected chi connectivity index (χ2v) is 2.66. The van der Waals surface area contributed by atoms with E-state index in [2.05, 4.69) is 11.9 Å². The first kappa shape index (κ1) is 10.6. The van der Waals surface area contributed by atoms with Crippen LogP contribution in [-0.2, 0) is 0 Å². The minimum Gasteiger partial charge on any atom is -0.485 e. The molecule has 14 heavy (non-hydrogen) atoms. The van der Waals surface area contributed by atoms with Gasteiger partial charge in [-0.25, -0.2) is 4.39 Å². The van der Waals surface area contributed by atoms with Crippen LogP contribution in [0.1, 0.15) is 13.8 Å². The van der Waals surface area contributed by atoms with Crippen LogP contribution in [0.4, 0.5) is 10.1 Å². The van der Waals surface area contributed by atoms with E-state index < -0.39 is 0 Å². The first-order valence-electron chi connectivity index (χ1n) is 4.63. The topological polar surface area (TPSA) is 21.3 Å². The van der Waals surface area contributed by atoms with Gasteiger partial charge in [-0.05, 0) is 12.1 Å². The summed E-state index contributed by atoms with van der Waals surface area (Å²) in [5.41, 5.74) is 1.56. The molecule has 2 nitrogen and oxygen atoms in total. The predicted molar refractivity (Wildman–Crippen MR) is 56.0 cm³/mol. The maximum absolute atomic E-state index is 12.7. The largest absolute Gasteiger partial charge is 0.485 e. The van der Waals surface area contributed by atoms with E-state index in [9.17, 15) is 4.39 Å². The highest BCUT2D eigenvalue weighted by Crippen LogP contribution is 2.29. The Kier molecular flexibility index (Phi) is 3.51. The van der Waals surface area contributed by atoms with Crippen molar-refractivity contribution in [3.63, 3.8) is 0 Å². The van der Waals surface area contributed by atoms with Crippen LogP contribution in [0, 0.1) is 5.82 Å². The van der Waals surface area contributed by atoms with Gasteiger partial charge in [-0.1, -0.05) is 20.4 Å². The highest BCUT2D eigenvalue weighted by molar-refractivity contribution is 5.61. The fourth-order valence-electron chi connectivity index (χ4n) is 1.11. The smallest absolute Gasteiger partial charge is 0.146 e. The summed E-state index contributed by atoms with van der Waals surface area (Å²) in [6.07, 6.45) is 0. The Morgan fingerprint density at radius 2 is 2.14 bits per heavy atom. The third-order valence-electron chi connectivity index (χ3n) is 1.66. The van der Waals surface area contributed by atoms with Crippen LogP contribution in [-0.4, -0.2) is 6.61 Å². The Morgan fingerprint density at radius 3 is 2.86 bits per heavy atom. The molecular formula is C11H14FNO. The Hall–Kier alpha value is -1.51. The number of rotatable bonds is 0. The number of ether oxygens (including phenoxy) is 1. The maximum Gasteiger partial charge on any atom is 0.146 e. The number of hydrogen-bond donors (Lipinski definition) is 1. The fourth-order valence-corrected chi connectivity index (χ4v) is 1.11. The van der Waals surface area contributed by atoms with E-state index >= 15 is 0 Å². The summed E-state index contributed by atoms with van der Waals surface area (Å²) in [4.78, 5) is 0. The Balaban J connectivity index is 0.000000461.